The minimum atomic E-state index is -0.811. The van der Waals surface area contributed by atoms with Gasteiger partial charge in [0.15, 0.2) is 17.9 Å². The summed E-state index contributed by atoms with van der Waals surface area (Å²) in [5, 5.41) is 0. The first-order valence-electron chi connectivity index (χ1n) is 11.5. The Labute approximate surface area is 184 Å². The number of hydrogen-bond acceptors (Lipinski definition) is 2. The lowest BCUT2D eigenvalue weighted by Gasteiger charge is -2.37. The summed E-state index contributed by atoms with van der Waals surface area (Å²) in [5.41, 5.74) is 2.91. The van der Waals surface area contributed by atoms with Crippen molar-refractivity contribution in [3.8, 4) is 11.1 Å². The van der Waals surface area contributed by atoms with Crippen LogP contribution in [0.4, 0.5) is 8.78 Å². The van der Waals surface area contributed by atoms with E-state index < -0.39 is 11.6 Å². The van der Waals surface area contributed by atoms with Crippen molar-refractivity contribution in [3.63, 3.8) is 0 Å². The molecule has 1 saturated heterocycles. The first kappa shape index (κ1) is 22.2. The van der Waals surface area contributed by atoms with Gasteiger partial charge in [-0.05, 0) is 80.2 Å². The fraction of sp³-hybridized carbons (Fsp3) is 0.481. The van der Waals surface area contributed by atoms with Crippen molar-refractivity contribution in [2.45, 2.75) is 51.7 Å². The first-order chi connectivity index (χ1) is 15.1. The summed E-state index contributed by atoms with van der Waals surface area (Å²) in [7, 11) is 0. The molecule has 166 valence electrons. The molecule has 0 bridgehead atoms. The molecule has 1 aliphatic carbocycles. The Balaban J connectivity index is 1.21. The Bertz CT molecular complexity index is 861. The molecule has 0 aromatic heterocycles. The number of hydrogen-bond donors (Lipinski definition) is 0. The van der Waals surface area contributed by atoms with Gasteiger partial charge in [-0.25, -0.2) is 8.78 Å². The normalized spacial score (nSPS) is 26.9. The topological polar surface area (TPSA) is 18.5 Å². The van der Waals surface area contributed by atoms with Crippen LogP contribution in [0.25, 0.3) is 11.1 Å². The lowest BCUT2D eigenvalue weighted by atomic mass is 9.79. The zero-order valence-corrected chi connectivity index (χ0v) is 18.2. The highest BCUT2D eigenvalue weighted by atomic mass is 19.2. The molecule has 2 aliphatic rings. The highest BCUT2D eigenvalue weighted by Crippen LogP contribution is 2.36. The van der Waals surface area contributed by atoms with Crippen LogP contribution in [0.15, 0.2) is 54.6 Å². The van der Waals surface area contributed by atoms with E-state index in [-0.39, 0.29) is 6.29 Å². The Morgan fingerprint density at radius 2 is 1.55 bits per heavy atom. The van der Waals surface area contributed by atoms with Crippen molar-refractivity contribution in [1.82, 2.24) is 0 Å². The van der Waals surface area contributed by atoms with Crippen molar-refractivity contribution >= 4 is 0 Å². The van der Waals surface area contributed by atoms with E-state index in [0.717, 1.165) is 31.1 Å². The van der Waals surface area contributed by atoms with E-state index in [2.05, 4.69) is 24.3 Å². The van der Waals surface area contributed by atoms with Gasteiger partial charge in [0.05, 0.1) is 13.2 Å². The van der Waals surface area contributed by atoms with E-state index in [1.807, 2.05) is 19.1 Å². The van der Waals surface area contributed by atoms with Gasteiger partial charge in [0.2, 0.25) is 0 Å². The fourth-order valence-electron chi connectivity index (χ4n) is 4.85. The molecule has 1 aliphatic heterocycles. The van der Waals surface area contributed by atoms with Crippen molar-refractivity contribution in [2.24, 2.45) is 17.8 Å². The molecule has 0 amide bonds. The van der Waals surface area contributed by atoms with E-state index in [9.17, 15) is 8.78 Å². The van der Waals surface area contributed by atoms with Gasteiger partial charge in [-0.1, -0.05) is 42.5 Å². The number of allylic oxidation sites excluding steroid dienone is 1. The predicted molar refractivity (Wildman–Crippen MR) is 120 cm³/mol. The zero-order valence-electron chi connectivity index (χ0n) is 18.2. The number of ether oxygens (including phenoxy) is 2. The molecule has 2 aromatic carbocycles. The van der Waals surface area contributed by atoms with Crippen molar-refractivity contribution in [2.75, 3.05) is 13.2 Å². The van der Waals surface area contributed by atoms with Crippen LogP contribution in [0.1, 0.15) is 44.6 Å². The highest BCUT2D eigenvalue weighted by molar-refractivity contribution is 5.63. The lowest BCUT2D eigenvalue weighted by Crippen LogP contribution is -2.38. The van der Waals surface area contributed by atoms with Crippen LogP contribution < -0.4 is 0 Å². The lowest BCUT2D eigenvalue weighted by molar-refractivity contribution is -0.223. The Morgan fingerprint density at radius 1 is 0.871 bits per heavy atom. The molecule has 4 heteroatoms. The minimum Gasteiger partial charge on any atom is -0.352 e. The molecule has 0 radical (unpaired) electrons. The van der Waals surface area contributed by atoms with E-state index in [1.54, 1.807) is 6.07 Å². The second-order valence-corrected chi connectivity index (χ2v) is 8.97. The average molecular weight is 427 g/mol. The van der Waals surface area contributed by atoms with Crippen LogP contribution in [0.2, 0.25) is 0 Å². The van der Waals surface area contributed by atoms with Gasteiger partial charge >= 0.3 is 0 Å². The molecular weight excluding hydrogens is 394 g/mol. The Kier molecular flexibility index (Phi) is 7.52. The predicted octanol–water partition coefficient (Wildman–Crippen LogP) is 6.94. The first-order valence-corrected chi connectivity index (χ1v) is 11.5. The maximum absolute atomic E-state index is 13.5. The number of benzene rings is 2. The molecule has 2 aromatic rings. The van der Waals surface area contributed by atoms with Gasteiger partial charge in [-0.3, -0.25) is 0 Å². The van der Waals surface area contributed by atoms with Crippen LogP contribution in [0.5, 0.6) is 0 Å². The highest BCUT2D eigenvalue weighted by Gasteiger charge is 2.31. The second-order valence-electron chi connectivity index (χ2n) is 8.97. The maximum Gasteiger partial charge on any atom is 0.160 e. The van der Waals surface area contributed by atoms with Crippen LogP contribution in [-0.4, -0.2) is 19.5 Å². The third-order valence-corrected chi connectivity index (χ3v) is 6.74. The van der Waals surface area contributed by atoms with Gasteiger partial charge in [-0.15, -0.1) is 0 Å². The maximum atomic E-state index is 13.5. The van der Waals surface area contributed by atoms with E-state index >= 15 is 0 Å². The smallest absolute Gasteiger partial charge is 0.160 e. The van der Waals surface area contributed by atoms with Crippen molar-refractivity contribution < 1.29 is 18.3 Å². The molecule has 2 nitrogen and oxygen atoms in total. The number of halogens is 2. The quantitative estimate of drug-likeness (QED) is 0.466. The zero-order chi connectivity index (χ0) is 21.6. The van der Waals surface area contributed by atoms with Gasteiger partial charge in [0, 0.05) is 11.8 Å². The summed E-state index contributed by atoms with van der Waals surface area (Å²) in [5.74, 6) is 0.0547. The van der Waals surface area contributed by atoms with E-state index in [1.165, 1.54) is 49.8 Å². The molecule has 1 heterocycles. The van der Waals surface area contributed by atoms with Crippen molar-refractivity contribution in [3.05, 3.63) is 71.8 Å². The summed E-state index contributed by atoms with van der Waals surface area (Å²) in [6.45, 7) is 3.58. The van der Waals surface area contributed by atoms with Crippen LogP contribution in [0.3, 0.4) is 0 Å². The van der Waals surface area contributed by atoms with Crippen LogP contribution >= 0.6 is 0 Å². The van der Waals surface area contributed by atoms with Gasteiger partial charge in [0.1, 0.15) is 0 Å². The standard InChI is InChI=1S/C27H32F2O2/c1-2-3-21-17-30-27(31-18-21)23-12-8-20(9-13-23)5-4-19-6-10-22(11-7-19)24-14-15-25(28)26(29)16-24/h2-3,6-7,10-11,14-16,20-21,23,27H,4-5,8-9,12-13,17-18H2,1H3/b3-2+/t20?,21-,23?,27-. The van der Waals surface area contributed by atoms with Gasteiger partial charge in [0.25, 0.3) is 0 Å². The van der Waals surface area contributed by atoms with E-state index in [0.29, 0.717) is 17.4 Å². The molecular formula is C27H32F2O2. The SMILES string of the molecule is C/C=C/[C@H]1CO[C@H](C2CCC(CCc3ccc(-c4ccc(F)c(F)c4)cc3)CC2)OC1. The summed E-state index contributed by atoms with van der Waals surface area (Å²) in [4.78, 5) is 0. The summed E-state index contributed by atoms with van der Waals surface area (Å²) in [6.07, 6.45) is 11.3. The molecule has 0 atom stereocenters. The molecule has 0 spiro atoms. The number of aryl methyl sites for hydroxylation is 1. The summed E-state index contributed by atoms with van der Waals surface area (Å²) in [6, 6.07) is 12.3. The molecule has 2 fully saturated rings. The molecule has 1 saturated carbocycles. The molecule has 0 unspecified atom stereocenters. The average Bonchev–Trinajstić information content (AvgIpc) is 2.81. The van der Waals surface area contributed by atoms with Crippen LogP contribution in [-0.2, 0) is 15.9 Å². The molecule has 31 heavy (non-hydrogen) atoms. The Hall–Kier alpha value is -2.04. The van der Waals surface area contributed by atoms with Gasteiger partial charge < -0.3 is 9.47 Å². The number of rotatable bonds is 6. The summed E-state index contributed by atoms with van der Waals surface area (Å²) >= 11 is 0. The Morgan fingerprint density at radius 3 is 2.19 bits per heavy atom. The summed E-state index contributed by atoms with van der Waals surface area (Å²) < 4.78 is 38.6. The van der Waals surface area contributed by atoms with Gasteiger partial charge in [-0.2, -0.15) is 0 Å². The van der Waals surface area contributed by atoms with Crippen LogP contribution in [0, 0.1) is 29.4 Å². The fourth-order valence-corrected chi connectivity index (χ4v) is 4.85. The van der Waals surface area contributed by atoms with Crippen molar-refractivity contribution in [1.29, 1.82) is 0 Å². The third kappa shape index (κ3) is 5.81. The van der Waals surface area contributed by atoms with E-state index in [4.69, 9.17) is 9.47 Å². The third-order valence-electron chi connectivity index (χ3n) is 6.74. The second kappa shape index (κ2) is 10.5. The minimum absolute atomic E-state index is 0.0219. The molecule has 4 rings (SSSR count). The largest absolute Gasteiger partial charge is 0.352 e. The monoisotopic (exact) mass is 426 g/mol. The molecule has 0 N–H and O–H groups in total.